The second-order valence-electron chi connectivity index (χ2n) is 4.52. The molecule has 108 valence electrons. The molecule has 1 atom stereocenters. The first-order valence-electron chi connectivity index (χ1n) is 6.36. The smallest absolute Gasteiger partial charge is 0.129 e. The summed E-state index contributed by atoms with van der Waals surface area (Å²) in [5.74, 6) is -1.30. The molecular formula is C14H15BrF2N2O. The van der Waals surface area contributed by atoms with Gasteiger partial charge in [0.1, 0.15) is 17.7 Å². The molecule has 0 amide bonds. The van der Waals surface area contributed by atoms with Gasteiger partial charge in [-0.25, -0.2) is 8.78 Å². The van der Waals surface area contributed by atoms with Crippen LogP contribution in [0.5, 0.6) is 0 Å². The molecule has 1 unspecified atom stereocenters. The molecule has 20 heavy (non-hydrogen) atoms. The van der Waals surface area contributed by atoms with Crippen LogP contribution in [0.15, 0.2) is 28.9 Å². The van der Waals surface area contributed by atoms with Crippen molar-refractivity contribution in [2.24, 2.45) is 0 Å². The average molecular weight is 345 g/mol. The average Bonchev–Trinajstić information content (AvgIpc) is 2.76. The van der Waals surface area contributed by atoms with Gasteiger partial charge in [-0.15, -0.1) is 0 Å². The Bertz CT molecular complexity index is 581. The minimum Gasteiger partial charge on any atom is -0.386 e. The van der Waals surface area contributed by atoms with Gasteiger partial charge in [0, 0.05) is 18.5 Å². The molecule has 6 heteroatoms. The van der Waals surface area contributed by atoms with Crippen molar-refractivity contribution in [1.82, 2.24) is 9.78 Å². The van der Waals surface area contributed by atoms with E-state index in [9.17, 15) is 13.9 Å². The topological polar surface area (TPSA) is 38.0 Å². The summed E-state index contributed by atoms with van der Waals surface area (Å²) in [6, 6.07) is 3.67. The number of aryl methyl sites for hydroxylation is 1. The summed E-state index contributed by atoms with van der Waals surface area (Å²) in [5, 5.41) is 14.4. The molecule has 0 saturated heterocycles. The number of rotatable bonds is 5. The van der Waals surface area contributed by atoms with E-state index in [0.717, 1.165) is 6.42 Å². The maximum absolute atomic E-state index is 13.6. The SMILES string of the molecule is CCCn1ncc(Br)c1C(O)Cc1c(F)cccc1F. The molecular weight excluding hydrogens is 330 g/mol. The molecule has 0 fully saturated rings. The monoisotopic (exact) mass is 344 g/mol. The van der Waals surface area contributed by atoms with Crippen LogP contribution in [0.1, 0.15) is 30.7 Å². The maximum Gasteiger partial charge on any atom is 0.129 e. The first-order valence-corrected chi connectivity index (χ1v) is 7.16. The summed E-state index contributed by atoms with van der Waals surface area (Å²) in [6.07, 6.45) is 1.27. The third kappa shape index (κ3) is 3.07. The van der Waals surface area contributed by atoms with E-state index in [2.05, 4.69) is 21.0 Å². The molecule has 1 N–H and O–H groups in total. The fourth-order valence-corrected chi connectivity index (χ4v) is 2.67. The highest BCUT2D eigenvalue weighted by Gasteiger charge is 2.21. The van der Waals surface area contributed by atoms with Gasteiger partial charge >= 0.3 is 0 Å². The summed E-state index contributed by atoms with van der Waals surface area (Å²) >= 11 is 3.31. The van der Waals surface area contributed by atoms with Crippen molar-refractivity contribution in [3.8, 4) is 0 Å². The summed E-state index contributed by atoms with van der Waals surface area (Å²) < 4.78 is 29.5. The summed E-state index contributed by atoms with van der Waals surface area (Å²) in [6.45, 7) is 2.63. The van der Waals surface area contributed by atoms with Gasteiger partial charge in [-0.1, -0.05) is 13.0 Å². The molecule has 3 nitrogen and oxygen atoms in total. The molecule has 0 aliphatic rings. The molecule has 1 heterocycles. The Kier molecular flexibility index (Phi) is 4.88. The number of aliphatic hydroxyl groups is 1. The standard InChI is InChI=1S/C14H15BrF2N2O/c1-2-6-19-14(10(15)8-18-19)13(20)7-9-11(16)4-3-5-12(9)17/h3-5,8,13,20H,2,6-7H2,1H3. The van der Waals surface area contributed by atoms with Crippen molar-refractivity contribution in [3.63, 3.8) is 0 Å². The number of benzene rings is 1. The van der Waals surface area contributed by atoms with Crippen LogP contribution in [0.4, 0.5) is 8.78 Å². The molecule has 2 aromatic rings. The van der Waals surface area contributed by atoms with Crippen LogP contribution in [0.2, 0.25) is 0 Å². The van der Waals surface area contributed by atoms with E-state index in [4.69, 9.17) is 0 Å². The van der Waals surface area contributed by atoms with Gasteiger partial charge in [0.2, 0.25) is 0 Å². The Labute approximate surface area is 124 Å². The lowest BCUT2D eigenvalue weighted by Crippen LogP contribution is -2.13. The normalized spacial score (nSPS) is 12.7. The number of halogens is 3. The van der Waals surface area contributed by atoms with Gasteiger partial charge in [0.25, 0.3) is 0 Å². The molecule has 0 bridgehead atoms. The second-order valence-corrected chi connectivity index (χ2v) is 5.38. The number of nitrogens with zero attached hydrogens (tertiary/aromatic N) is 2. The molecule has 1 aromatic carbocycles. The third-order valence-corrected chi connectivity index (χ3v) is 3.65. The quantitative estimate of drug-likeness (QED) is 0.899. The largest absolute Gasteiger partial charge is 0.386 e. The fourth-order valence-electron chi connectivity index (χ4n) is 2.11. The van der Waals surface area contributed by atoms with Crippen LogP contribution < -0.4 is 0 Å². The molecule has 0 aliphatic heterocycles. The van der Waals surface area contributed by atoms with E-state index in [-0.39, 0.29) is 12.0 Å². The predicted molar refractivity (Wildman–Crippen MR) is 75.2 cm³/mol. The van der Waals surface area contributed by atoms with Crippen LogP contribution in [0, 0.1) is 11.6 Å². The summed E-state index contributed by atoms with van der Waals surface area (Å²) in [4.78, 5) is 0. The lowest BCUT2D eigenvalue weighted by molar-refractivity contribution is 0.163. The van der Waals surface area contributed by atoms with Crippen molar-refractivity contribution in [1.29, 1.82) is 0 Å². The lowest BCUT2D eigenvalue weighted by Gasteiger charge is -2.15. The van der Waals surface area contributed by atoms with E-state index in [1.165, 1.54) is 18.2 Å². The first kappa shape index (κ1) is 15.1. The number of hydrogen-bond donors (Lipinski definition) is 1. The lowest BCUT2D eigenvalue weighted by atomic mass is 10.0. The summed E-state index contributed by atoms with van der Waals surface area (Å²) in [7, 11) is 0. The molecule has 0 saturated carbocycles. The Balaban J connectivity index is 2.28. The van der Waals surface area contributed by atoms with E-state index >= 15 is 0 Å². The maximum atomic E-state index is 13.6. The van der Waals surface area contributed by atoms with Crippen molar-refractivity contribution in [2.75, 3.05) is 0 Å². The van der Waals surface area contributed by atoms with E-state index < -0.39 is 17.7 Å². The van der Waals surface area contributed by atoms with Gasteiger partial charge in [-0.2, -0.15) is 5.10 Å². The van der Waals surface area contributed by atoms with E-state index in [1.807, 2.05) is 6.92 Å². The van der Waals surface area contributed by atoms with Crippen LogP contribution in [0.3, 0.4) is 0 Å². The highest BCUT2D eigenvalue weighted by Crippen LogP contribution is 2.27. The van der Waals surface area contributed by atoms with Gasteiger partial charge in [0.05, 0.1) is 16.4 Å². The Hall–Kier alpha value is -1.27. The zero-order valence-electron chi connectivity index (χ0n) is 11.0. The zero-order chi connectivity index (χ0) is 14.7. The molecule has 0 spiro atoms. The predicted octanol–water partition coefficient (Wildman–Crippen LogP) is 3.61. The van der Waals surface area contributed by atoms with Gasteiger partial charge in [0.15, 0.2) is 0 Å². The molecule has 0 radical (unpaired) electrons. The van der Waals surface area contributed by atoms with Gasteiger partial charge < -0.3 is 5.11 Å². The first-order chi connectivity index (χ1) is 9.54. The van der Waals surface area contributed by atoms with Gasteiger partial charge in [-0.3, -0.25) is 4.68 Å². The van der Waals surface area contributed by atoms with Crippen LogP contribution >= 0.6 is 15.9 Å². The highest BCUT2D eigenvalue weighted by molar-refractivity contribution is 9.10. The van der Waals surface area contributed by atoms with Crippen LogP contribution in [0.25, 0.3) is 0 Å². The Morgan fingerprint density at radius 3 is 2.60 bits per heavy atom. The second kappa shape index (κ2) is 6.45. The fraction of sp³-hybridized carbons (Fsp3) is 0.357. The third-order valence-electron chi connectivity index (χ3n) is 3.04. The highest BCUT2D eigenvalue weighted by atomic mass is 79.9. The van der Waals surface area contributed by atoms with Crippen molar-refractivity contribution in [2.45, 2.75) is 32.4 Å². The molecule has 0 aliphatic carbocycles. The number of hydrogen-bond acceptors (Lipinski definition) is 2. The number of aliphatic hydroxyl groups excluding tert-OH is 1. The number of aromatic nitrogens is 2. The molecule has 2 rings (SSSR count). The van der Waals surface area contributed by atoms with E-state index in [0.29, 0.717) is 16.7 Å². The van der Waals surface area contributed by atoms with Crippen LogP contribution in [-0.2, 0) is 13.0 Å². The minimum absolute atomic E-state index is 0.115. The molecule has 1 aromatic heterocycles. The van der Waals surface area contributed by atoms with E-state index in [1.54, 1.807) is 10.9 Å². The summed E-state index contributed by atoms with van der Waals surface area (Å²) in [5.41, 5.74) is 0.422. The Morgan fingerprint density at radius 1 is 1.35 bits per heavy atom. The van der Waals surface area contributed by atoms with Crippen LogP contribution in [-0.4, -0.2) is 14.9 Å². The van der Waals surface area contributed by atoms with Crippen molar-refractivity contribution < 1.29 is 13.9 Å². The van der Waals surface area contributed by atoms with Gasteiger partial charge in [-0.05, 0) is 34.5 Å². The van der Waals surface area contributed by atoms with Crippen molar-refractivity contribution >= 4 is 15.9 Å². The Morgan fingerprint density at radius 2 is 2.00 bits per heavy atom. The minimum atomic E-state index is -1.02. The van der Waals surface area contributed by atoms with Crippen molar-refractivity contribution in [3.05, 3.63) is 51.8 Å². The zero-order valence-corrected chi connectivity index (χ0v) is 12.6.